The third-order valence-corrected chi connectivity index (χ3v) is 11.3. The van der Waals surface area contributed by atoms with Crippen LogP contribution >= 0.6 is 0 Å². The summed E-state index contributed by atoms with van der Waals surface area (Å²) in [6.07, 6.45) is 44.0. The maximum absolute atomic E-state index is 12.7. The van der Waals surface area contributed by atoms with Gasteiger partial charge in [-0.15, -0.1) is 0 Å². The summed E-state index contributed by atoms with van der Waals surface area (Å²) in [5.41, 5.74) is 1.76. The molecule has 0 saturated heterocycles. The van der Waals surface area contributed by atoms with E-state index in [9.17, 15) is 9.90 Å². The number of hydrogen-bond acceptors (Lipinski definition) is 5. The van der Waals surface area contributed by atoms with E-state index >= 15 is 0 Å². The van der Waals surface area contributed by atoms with E-state index in [0.717, 1.165) is 77.0 Å². The zero-order valence-electron chi connectivity index (χ0n) is 37.6. The van der Waals surface area contributed by atoms with Gasteiger partial charge in [-0.1, -0.05) is 181 Å². The van der Waals surface area contributed by atoms with Crippen LogP contribution in [0.25, 0.3) is 0 Å². The van der Waals surface area contributed by atoms with Crippen molar-refractivity contribution in [2.24, 2.45) is 11.8 Å². The molecule has 0 heterocycles. The van der Waals surface area contributed by atoms with Gasteiger partial charge in [-0.2, -0.15) is 0 Å². The lowest BCUT2D eigenvalue weighted by Gasteiger charge is -2.20. The van der Waals surface area contributed by atoms with E-state index in [4.69, 9.17) is 9.47 Å². The summed E-state index contributed by atoms with van der Waals surface area (Å²) in [6, 6.07) is 0. The number of methoxy groups -OCH3 is 1. The zero-order valence-corrected chi connectivity index (χ0v) is 37.6. The first-order chi connectivity index (χ1) is 26.4. The third-order valence-electron chi connectivity index (χ3n) is 11.3. The number of unbranched alkanes of at least 4 members (excludes halogenated alkanes) is 20. The first-order valence-corrected chi connectivity index (χ1v) is 24.1. The van der Waals surface area contributed by atoms with E-state index in [1.165, 1.54) is 161 Å². The number of nitrogens with zero attached hydrogens (tertiary/aromatic N) is 1. The van der Waals surface area contributed by atoms with Crippen molar-refractivity contribution in [3.05, 3.63) is 11.6 Å². The van der Waals surface area contributed by atoms with Crippen molar-refractivity contribution in [3.8, 4) is 0 Å². The van der Waals surface area contributed by atoms with Gasteiger partial charge in [0.15, 0.2) is 0 Å². The molecule has 0 spiro atoms. The molecule has 0 aromatic heterocycles. The lowest BCUT2D eigenvalue weighted by atomic mass is 9.93. The van der Waals surface area contributed by atoms with Gasteiger partial charge in [-0.3, -0.25) is 4.79 Å². The molecular weight excluding hydrogens is 667 g/mol. The Kier molecular flexibility index (Phi) is 41.0. The van der Waals surface area contributed by atoms with Crippen molar-refractivity contribution in [2.75, 3.05) is 40.5 Å². The Morgan fingerprint density at radius 2 is 1.02 bits per heavy atom. The number of hydrogen-bond donors (Lipinski definition) is 1. The van der Waals surface area contributed by atoms with Crippen molar-refractivity contribution < 1.29 is 19.4 Å². The fourth-order valence-electron chi connectivity index (χ4n) is 7.57. The van der Waals surface area contributed by atoms with Gasteiger partial charge in [0.2, 0.25) is 0 Å². The van der Waals surface area contributed by atoms with E-state index in [2.05, 4.69) is 45.7 Å². The van der Waals surface area contributed by atoms with Crippen LogP contribution in [0.4, 0.5) is 0 Å². The minimum absolute atomic E-state index is 0.0147. The number of allylic oxidation sites excluding steroid dienone is 2. The van der Waals surface area contributed by atoms with Crippen LogP contribution in [-0.4, -0.2) is 62.5 Å². The summed E-state index contributed by atoms with van der Waals surface area (Å²) >= 11 is 0. The molecule has 0 aromatic rings. The van der Waals surface area contributed by atoms with E-state index in [1.54, 1.807) is 12.7 Å². The van der Waals surface area contributed by atoms with Crippen molar-refractivity contribution in [1.82, 2.24) is 4.90 Å². The minimum atomic E-state index is -0.303. The topological polar surface area (TPSA) is 59.0 Å². The predicted octanol–water partition coefficient (Wildman–Crippen LogP) is 14.6. The van der Waals surface area contributed by atoms with Crippen molar-refractivity contribution >= 4 is 5.97 Å². The molecule has 0 aliphatic heterocycles. The number of rotatable bonds is 40. The maximum Gasteiger partial charge on any atom is 0.308 e. The summed E-state index contributed by atoms with van der Waals surface area (Å²) in [6.45, 7) is 12.2. The molecule has 1 rings (SSSR count). The van der Waals surface area contributed by atoms with Gasteiger partial charge >= 0.3 is 5.97 Å². The highest BCUT2D eigenvalue weighted by Crippen LogP contribution is 2.32. The number of likely N-dealkylation sites (N-methyl/N-ethyl adjacent to an activating group) is 1. The summed E-state index contributed by atoms with van der Waals surface area (Å²) < 4.78 is 10.8. The Morgan fingerprint density at radius 1 is 0.593 bits per heavy atom. The number of carbonyl (C=O) groups excluding carboxylic acids is 1. The first-order valence-electron chi connectivity index (χ1n) is 24.1. The predicted molar refractivity (Wildman–Crippen MR) is 236 cm³/mol. The van der Waals surface area contributed by atoms with Gasteiger partial charge in [-0.25, -0.2) is 0 Å². The Hall–Kier alpha value is -0.910. The van der Waals surface area contributed by atoms with Crippen LogP contribution < -0.4 is 0 Å². The lowest BCUT2D eigenvalue weighted by Crippen LogP contribution is -2.30. The zero-order chi connectivity index (χ0) is 39.7. The number of ether oxygens (including phenoxy) is 2. The second-order valence-corrected chi connectivity index (χ2v) is 17.1. The quantitative estimate of drug-likeness (QED) is 0.0383. The monoisotopic (exact) mass is 764 g/mol. The highest BCUT2D eigenvalue weighted by molar-refractivity contribution is 5.72. The van der Waals surface area contributed by atoms with Gasteiger partial charge in [-0.05, 0) is 90.1 Å². The molecule has 3 atom stereocenters. The van der Waals surface area contributed by atoms with Crippen LogP contribution in [0.2, 0.25) is 0 Å². The van der Waals surface area contributed by atoms with Crippen LogP contribution in [0.15, 0.2) is 11.6 Å². The number of aliphatic hydroxyl groups is 1. The van der Waals surface area contributed by atoms with Gasteiger partial charge < -0.3 is 19.5 Å². The SMILES string of the molecule is CCCCCCCCC(C=C1CC1)CCCCCC.CCCCCCCCC(CCCCCC)C(=O)OCCCCC(O)CN(C)CCCCCCOC. The average Bonchev–Trinajstić information content (AvgIpc) is 3.99. The number of aliphatic hydroxyl groups excluding tert-OH is 1. The molecule has 322 valence electrons. The molecule has 3 unspecified atom stereocenters. The largest absolute Gasteiger partial charge is 0.465 e. The van der Waals surface area contributed by atoms with E-state index in [-0.39, 0.29) is 18.0 Å². The smallest absolute Gasteiger partial charge is 0.308 e. The molecule has 1 aliphatic rings. The van der Waals surface area contributed by atoms with Gasteiger partial charge in [0.1, 0.15) is 0 Å². The molecule has 0 amide bonds. The lowest BCUT2D eigenvalue weighted by molar-refractivity contribution is -0.149. The molecule has 1 saturated carbocycles. The van der Waals surface area contributed by atoms with E-state index in [0.29, 0.717) is 6.61 Å². The second-order valence-electron chi connectivity index (χ2n) is 17.1. The van der Waals surface area contributed by atoms with Crippen molar-refractivity contribution in [1.29, 1.82) is 0 Å². The molecule has 1 N–H and O–H groups in total. The standard InChI is InChI=1S/C30H61NO4.C19H36/c1-5-7-9-11-12-16-22-28(21-15-10-8-6-2)30(33)35-26-20-17-23-29(32)27-31(3)24-18-13-14-19-25-34-4;1-3-5-7-9-10-12-14-18(17-19-15-16-19)13-11-8-6-4-2/h28-29,32H,5-27H2,1-4H3;17-18H,3-16H2,1-2H3. The molecule has 0 radical (unpaired) electrons. The Labute approximate surface area is 339 Å². The Balaban J connectivity index is 0.00000124. The van der Waals surface area contributed by atoms with Crippen LogP contribution in [0, 0.1) is 11.8 Å². The van der Waals surface area contributed by atoms with Crippen LogP contribution in [0.3, 0.4) is 0 Å². The van der Waals surface area contributed by atoms with Gasteiger partial charge in [0.25, 0.3) is 0 Å². The normalized spacial score (nSPS) is 14.1. The Bertz CT molecular complexity index is 795. The molecule has 1 fully saturated rings. The molecule has 1 aliphatic carbocycles. The van der Waals surface area contributed by atoms with Crippen molar-refractivity contribution in [2.45, 2.75) is 246 Å². The third kappa shape index (κ3) is 38.0. The van der Waals surface area contributed by atoms with E-state index in [1.807, 2.05) is 0 Å². The Morgan fingerprint density at radius 3 is 1.54 bits per heavy atom. The molecular formula is C49H97NO4. The fourth-order valence-corrected chi connectivity index (χ4v) is 7.57. The van der Waals surface area contributed by atoms with Crippen molar-refractivity contribution in [3.63, 3.8) is 0 Å². The average molecular weight is 764 g/mol. The molecule has 0 aromatic carbocycles. The highest BCUT2D eigenvalue weighted by Gasteiger charge is 2.19. The summed E-state index contributed by atoms with van der Waals surface area (Å²) in [5, 5.41) is 10.3. The van der Waals surface area contributed by atoms with Crippen LogP contribution in [0.1, 0.15) is 240 Å². The number of carbonyl (C=O) groups is 1. The van der Waals surface area contributed by atoms with Gasteiger partial charge in [0, 0.05) is 20.3 Å². The highest BCUT2D eigenvalue weighted by atomic mass is 16.5. The fraction of sp³-hybridized carbons (Fsp3) is 0.939. The molecule has 5 nitrogen and oxygen atoms in total. The molecule has 5 heteroatoms. The van der Waals surface area contributed by atoms with Crippen LogP contribution in [0.5, 0.6) is 0 Å². The second kappa shape index (κ2) is 41.7. The summed E-state index contributed by atoms with van der Waals surface area (Å²) in [5.74, 6) is 1.01. The van der Waals surface area contributed by atoms with E-state index < -0.39 is 0 Å². The van der Waals surface area contributed by atoms with Gasteiger partial charge in [0.05, 0.1) is 18.6 Å². The molecule has 54 heavy (non-hydrogen) atoms. The molecule has 0 bridgehead atoms. The minimum Gasteiger partial charge on any atom is -0.465 e. The van der Waals surface area contributed by atoms with Crippen LogP contribution in [-0.2, 0) is 14.3 Å². The maximum atomic E-state index is 12.7. The summed E-state index contributed by atoms with van der Waals surface area (Å²) in [7, 11) is 3.84. The summed E-state index contributed by atoms with van der Waals surface area (Å²) in [4.78, 5) is 14.9. The number of esters is 1. The first kappa shape index (κ1) is 53.1.